The molecule has 1 aromatic carbocycles. The normalized spacial score (nSPS) is 12.8. The maximum atomic E-state index is 6.14. The topological polar surface area (TPSA) is 38.0 Å². The predicted molar refractivity (Wildman–Crippen MR) is 74.1 cm³/mol. The van der Waals surface area contributed by atoms with Gasteiger partial charge in [-0.2, -0.15) is 11.8 Å². The standard InChI is InChI=1S/C11H16Cl2N2S/c1-2-6-16-7-10(15-14)8-4-3-5-9(12)11(8)13/h3-5,10,15H,2,6-7,14H2,1H3. The van der Waals surface area contributed by atoms with Crippen LogP contribution in [0.5, 0.6) is 0 Å². The summed E-state index contributed by atoms with van der Waals surface area (Å²) in [6.45, 7) is 2.16. The van der Waals surface area contributed by atoms with Crippen LogP contribution in [0.4, 0.5) is 0 Å². The molecule has 1 rings (SSSR count). The van der Waals surface area contributed by atoms with Gasteiger partial charge in [0.1, 0.15) is 0 Å². The molecule has 1 aromatic rings. The van der Waals surface area contributed by atoms with E-state index in [4.69, 9.17) is 29.0 Å². The van der Waals surface area contributed by atoms with Gasteiger partial charge in [0.15, 0.2) is 0 Å². The fourth-order valence-corrected chi connectivity index (χ4v) is 2.77. The van der Waals surface area contributed by atoms with Crippen LogP contribution >= 0.6 is 35.0 Å². The highest BCUT2D eigenvalue weighted by atomic mass is 35.5. The molecule has 0 saturated heterocycles. The Labute approximate surface area is 111 Å². The van der Waals surface area contributed by atoms with Crippen LogP contribution in [0.2, 0.25) is 10.0 Å². The lowest BCUT2D eigenvalue weighted by Gasteiger charge is -2.17. The summed E-state index contributed by atoms with van der Waals surface area (Å²) in [7, 11) is 0. The van der Waals surface area contributed by atoms with Crippen molar-refractivity contribution in [3.8, 4) is 0 Å². The molecular weight excluding hydrogens is 263 g/mol. The summed E-state index contributed by atoms with van der Waals surface area (Å²) in [5, 5.41) is 1.16. The maximum absolute atomic E-state index is 6.14. The summed E-state index contributed by atoms with van der Waals surface area (Å²) in [5.74, 6) is 7.56. The summed E-state index contributed by atoms with van der Waals surface area (Å²) in [6.07, 6.45) is 1.16. The molecule has 0 aliphatic rings. The number of hydrogen-bond acceptors (Lipinski definition) is 3. The Bertz CT molecular complexity index is 334. The summed E-state index contributed by atoms with van der Waals surface area (Å²) in [6, 6.07) is 5.66. The summed E-state index contributed by atoms with van der Waals surface area (Å²) in [4.78, 5) is 0. The third kappa shape index (κ3) is 3.82. The quantitative estimate of drug-likeness (QED) is 0.474. The van der Waals surface area contributed by atoms with Gasteiger partial charge in [0, 0.05) is 5.75 Å². The number of nitrogens with two attached hydrogens (primary N) is 1. The number of thioether (sulfide) groups is 1. The number of nitrogens with one attached hydrogen (secondary N) is 1. The largest absolute Gasteiger partial charge is 0.271 e. The van der Waals surface area contributed by atoms with E-state index in [0.29, 0.717) is 10.0 Å². The molecule has 0 bridgehead atoms. The molecule has 0 saturated carbocycles. The van der Waals surface area contributed by atoms with Gasteiger partial charge < -0.3 is 0 Å². The average molecular weight is 279 g/mol. The molecule has 0 aromatic heterocycles. The Hall–Kier alpha value is 0.0700. The van der Waals surface area contributed by atoms with E-state index in [1.165, 1.54) is 0 Å². The van der Waals surface area contributed by atoms with E-state index in [-0.39, 0.29) is 6.04 Å². The second-order valence-corrected chi connectivity index (χ2v) is 5.37. The van der Waals surface area contributed by atoms with E-state index < -0.39 is 0 Å². The Kier molecular flexibility index (Phi) is 6.54. The van der Waals surface area contributed by atoms with Gasteiger partial charge in [-0.05, 0) is 23.8 Å². The molecule has 0 fully saturated rings. The van der Waals surface area contributed by atoms with Gasteiger partial charge in [-0.25, -0.2) is 0 Å². The molecule has 90 valence electrons. The van der Waals surface area contributed by atoms with Crippen molar-refractivity contribution >= 4 is 35.0 Å². The van der Waals surface area contributed by atoms with Crippen LogP contribution in [0.1, 0.15) is 24.9 Å². The zero-order chi connectivity index (χ0) is 12.0. The number of rotatable bonds is 6. The molecule has 16 heavy (non-hydrogen) atoms. The van der Waals surface area contributed by atoms with Crippen LogP contribution < -0.4 is 11.3 Å². The van der Waals surface area contributed by atoms with E-state index in [1.807, 2.05) is 23.9 Å². The lowest BCUT2D eigenvalue weighted by Crippen LogP contribution is -2.30. The molecule has 1 atom stereocenters. The molecule has 0 heterocycles. The van der Waals surface area contributed by atoms with Gasteiger partial charge in [-0.1, -0.05) is 42.3 Å². The van der Waals surface area contributed by atoms with Crippen LogP contribution in [-0.2, 0) is 0 Å². The highest BCUT2D eigenvalue weighted by Gasteiger charge is 2.14. The molecule has 0 spiro atoms. The van der Waals surface area contributed by atoms with Crippen molar-refractivity contribution in [2.24, 2.45) is 5.84 Å². The summed E-state index contributed by atoms with van der Waals surface area (Å²) in [5.41, 5.74) is 3.74. The molecule has 5 heteroatoms. The molecular formula is C11H16Cl2N2S. The minimum absolute atomic E-state index is 0.0442. The molecule has 0 amide bonds. The number of hydrazine groups is 1. The van der Waals surface area contributed by atoms with E-state index in [2.05, 4.69) is 12.3 Å². The van der Waals surface area contributed by atoms with Crippen LogP contribution in [0.25, 0.3) is 0 Å². The average Bonchev–Trinajstić information content (AvgIpc) is 2.29. The first-order valence-electron chi connectivity index (χ1n) is 5.18. The fraction of sp³-hybridized carbons (Fsp3) is 0.455. The van der Waals surface area contributed by atoms with E-state index >= 15 is 0 Å². The number of hydrogen-bond donors (Lipinski definition) is 2. The molecule has 0 aliphatic carbocycles. The van der Waals surface area contributed by atoms with Gasteiger partial charge in [0.2, 0.25) is 0 Å². The van der Waals surface area contributed by atoms with Gasteiger partial charge in [-0.3, -0.25) is 11.3 Å². The summed E-state index contributed by atoms with van der Waals surface area (Å²) >= 11 is 14.0. The first-order valence-corrected chi connectivity index (χ1v) is 7.09. The van der Waals surface area contributed by atoms with Crippen LogP contribution in [-0.4, -0.2) is 11.5 Å². The Morgan fingerprint density at radius 3 is 2.81 bits per heavy atom. The number of benzene rings is 1. The van der Waals surface area contributed by atoms with Gasteiger partial charge in [-0.15, -0.1) is 0 Å². The van der Waals surface area contributed by atoms with Crippen LogP contribution in [0.15, 0.2) is 18.2 Å². The first-order chi connectivity index (χ1) is 7.70. The Balaban J connectivity index is 2.74. The highest BCUT2D eigenvalue weighted by molar-refractivity contribution is 7.99. The van der Waals surface area contributed by atoms with Crippen molar-refractivity contribution in [2.45, 2.75) is 19.4 Å². The fourth-order valence-electron chi connectivity index (χ4n) is 1.36. The van der Waals surface area contributed by atoms with Gasteiger partial charge in [0.25, 0.3) is 0 Å². The maximum Gasteiger partial charge on any atom is 0.0640 e. The van der Waals surface area contributed by atoms with Crippen LogP contribution in [0.3, 0.4) is 0 Å². The zero-order valence-corrected chi connectivity index (χ0v) is 11.5. The van der Waals surface area contributed by atoms with E-state index in [0.717, 1.165) is 23.5 Å². The molecule has 1 unspecified atom stereocenters. The molecule has 3 N–H and O–H groups in total. The third-order valence-corrected chi connectivity index (χ3v) is 4.29. The predicted octanol–water partition coefficient (Wildman–Crippen LogP) is 3.64. The highest BCUT2D eigenvalue weighted by Crippen LogP contribution is 2.31. The van der Waals surface area contributed by atoms with Crippen LogP contribution in [0, 0.1) is 0 Å². The first kappa shape index (κ1) is 14.1. The third-order valence-electron chi connectivity index (χ3n) is 2.19. The smallest absolute Gasteiger partial charge is 0.0640 e. The molecule has 2 nitrogen and oxygen atoms in total. The lowest BCUT2D eigenvalue weighted by molar-refractivity contribution is 0.611. The molecule has 0 radical (unpaired) electrons. The van der Waals surface area contributed by atoms with Crippen molar-refractivity contribution in [1.29, 1.82) is 0 Å². The number of halogens is 2. The second kappa shape index (κ2) is 7.41. The Morgan fingerprint density at radius 2 is 2.19 bits per heavy atom. The van der Waals surface area contributed by atoms with E-state index in [1.54, 1.807) is 6.07 Å². The van der Waals surface area contributed by atoms with Gasteiger partial charge >= 0.3 is 0 Å². The van der Waals surface area contributed by atoms with Crippen molar-refractivity contribution in [1.82, 2.24) is 5.43 Å². The lowest BCUT2D eigenvalue weighted by atomic mass is 10.1. The van der Waals surface area contributed by atoms with Crippen molar-refractivity contribution in [3.05, 3.63) is 33.8 Å². The van der Waals surface area contributed by atoms with Crippen molar-refractivity contribution < 1.29 is 0 Å². The SMILES string of the molecule is CCCSCC(NN)c1cccc(Cl)c1Cl. The minimum atomic E-state index is 0.0442. The minimum Gasteiger partial charge on any atom is -0.271 e. The Morgan fingerprint density at radius 1 is 1.44 bits per heavy atom. The monoisotopic (exact) mass is 278 g/mol. The van der Waals surface area contributed by atoms with E-state index in [9.17, 15) is 0 Å². The molecule has 0 aliphatic heterocycles. The zero-order valence-electron chi connectivity index (χ0n) is 9.17. The van der Waals surface area contributed by atoms with Crippen molar-refractivity contribution in [2.75, 3.05) is 11.5 Å². The van der Waals surface area contributed by atoms with Gasteiger partial charge in [0.05, 0.1) is 16.1 Å². The van der Waals surface area contributed by atoms with Crippen molar-refractivity contribution in [3.63, 3.8) is 0 Å². The summed E-state index contributed by atoms with van der Waals surface area (Å²) < 4.78 is 0. The second-order valence-electron chi connectivity index (χ2n) is 3.44.